The maximum Gasteiger partial charge on any atom is 0.257 e. The molecule has 0 bridgehead atoms. The summed E-state index contributed by atoms with van der Waals surface area (Å²) >= 11 is 0. The highest BCUT2D eigenvalue weighted by molar-refractivity contribution is 5.95. The lowest BCUT2D eigenvalue weighted by Crippen LogP contribution is -2.21. The second-order valence-corrected chi connectivity index (χ2v) is 4.72. The summed E-state index contributed by atoms with van der Waals surface area (Å²) in [7, 11) is 0. The number of carbonyl (C=O) groups is 1. The van der Waals surface area contributed by atoms with Crippen LogP contribution in [0.15, 0.2) is 42.5 Å². The van der Waals surface area contributed by atoms with Gasteiger partial charge in [-0.05, 0) is 42.7 Å². The Morgan fingerprint density at radius 2 is 1.85 bits per heavy atom. The summed E-state index contributed by atoms with van der Waals surface area (Å²) in [4.78, 5) is 12.0. The molecule has 1 unspecified atom stereocenters. The van der Waals surface area contributed by atoms with Crippen molar-refractivity contribution in [2.24, 2.45) is 0 Å². The molecular formula is C16H16FNO2. The van der Waals surface area contributed by atoms with Crippen molar-refractivity contribution >= 4 is 11.6 Å². The van der Waals surface area contributed by atoms with Crippen LogP contribution in [0.5, 0.6) is 0 Å². The Labute approximate surface area is 117 Å². The van der Waals surface area contributed by atoms with E-state index in [1.807, 2.05) is 19.1 Å². The number of rotatable bonds is 3. The molecule has 2 aromatic carbocycles. The molecule has 0 aliphatic carbocycles. The molecule has 2 rings (SSSR count). The molecule has 104 valence electrons. The van der Waals surface area contributed by atoms with Gasteiger partial charge in [0.1, 0.15) is 5.82 Å². The second-order valence-electron chi connectivity index (χ2n) is 4.72. The molecule has 0 heterocycles. The zero-order valence-corrected chi connectivity index (χ0v) is 11.4. The summed E-state index contributed by atoms with van der Waals surface area (Å²) in [6, 6.07) is 11.4. The summed E-state index contributed by atoms with van der Waals surface area (Å²) in [5.41, 5.74) is 2.32. The van der Waals surface area contributed by atoms with E-state index < -0.39 is 12.0 Å². The van der Waals surface area contributed by atoms with Crippen molar-refractivity contribution in [2.45, 2.75) is 20.0 Å². The first-order valence-corrected chi connectivity index (χ1v) is 6.29. The average molecular weight is 273 g/mol. The van der Waals surface area contributed by atoms with Crippen molar-refractivity contribution in [2.75, 3.05) is 5.32 Å². The summed E-state index contributed by atoms with van der Waals surface area (Å²) in [6.07, 6.45) is -1.33. The molecule has 2 aromatic rings. The minimum atomic E-state index is -1.33. The molecule has 4 heteroatoms. The summed E-state index contributed by atoms with van der Waals surface area (Å²) in [5, 5.41) is 12.7. The molecule has 0 aliphatic rings. The number of aliphatic hydroxyl groups is 1. The molecule has 1 atom stereocenters. The summed E-state index contributed by atoms with van der Waals surface area (Å²) < 4.78 is 13.2. The third-order valence-electron chi connectivity index (χ3n) is 3.15. The van der Waals surface area contributed by atoms with Gasteiger partial charge in [0.25, 0.3) is 5.91 Å². The fourth-order valence-electron chi connectivity index (χ4n) is 1.90. The lowest BCUT2D eigenvalue weighted by atomic mass is 10.1. The number of halogens is 1. The van der Waals surface area contributed by atoms with Crippen molar-refractivity contribution < 1.29 is 14.3 Å². The fraction of sp³-hybridized carbons (Fsp3) is 0.188. The van der Waals surface area contributed by atoms with Crippen LogP contribution in [0, 0.1) is 19.7 Å². The molecule has 0 fully saturated rings. The Bertz CT molecular complexity index is 640. The van der Waals surface area contributed by atoms with Gasteiger partial charge in [-0.25, -0.2) is 4.39 Å². The van der Waals surface area contributed by atoms with Gasteiger partial charge in [-0.2, -0.15) is 0 Å². The summed E-state index contributed by atoms with van der Waals surface area (Å²) in [5.74, 6) is -0.898. The molecule has 0 aliphatic heterocycles. The van der Waals surface area contributed by atoms with Crippen molar-refractivity contribution in [3.63, 3.8) is 0 Å². The van der Waals surface area contributed by atoms with Gasteiger partial charge in [0.05, 0.1) is 0 Å². The monoisotopic (exact) mass is 273 g/mol. The van der Waals surface area contributed by atoms with E-state index in [1.165, 1.54) is 18.2 Å². The summed E-state index contributed by atoms with van der Waals surface area (Å²) in [6.45, 7) is 3.45. The number of para-hydroxylation sites is 1. The number of nitrogens with one attached hydrogen (secondary N) is 1. The Balaban J connectivity index is 2.16. The van der Waals surface area contributed by atoms with Crippen molar-refractivity contribution in [3.05, 3.63) is 65.0 Å². The number of hydrogen-bond donors (Lipinski definition) is 2. The van der Waals surface area contributed by atoms with E-state index >= 15 is 0 Å². The lowest BCUT2D eigenvalue weighted by molar-refractivity contribution is -0.124. The Kier molecular flexibility index (Phi) is 4.15. The number of hydrogen-bond acceptors (Lipinski definition) is 2. The van der Waals surface area contributed by atoms with Gasteiger partial charge in [-0.1, -0.05) is 30.3 Å². The standard InChI is InChI=1S/C16H16FNO2/c1-10-5-3-4-6-14(10)18-16(20)15(19)12-7-8-13(17)11(2)9-12/h3-9,15,19H,1-2H3,(H,18,20). The second kappa shape index (κ2) is 5.84. The fourth-order valence-corrected chi connectivity index (χ4v) is 1.90. The molecule has 1 amide bonds. The smallest absolute Gasteiger partial charge is 0.257 e. The highest BCUT2D eigenvalue weighted by Crippen LogP contribution is 2.20. The molecular weight excluding hydrogens is 257 g/mol. The van der Waals surface area contributed by atoms with Gasteiger partial charge in [0, 0.05) is 5.69 Å². The largest absolute Gasteiger partial charge is 0.378 e. The quantitative estimate of drug-likeness (QED) is 0.902. The van der Waals surface area contributed by atoms with E-state index in [4.69, 9.17) is 0 Å². The normalized spacial score (nSPS) is 12.0. The Hall–Kier alpha value is -2.20. The number of aryl methyl sites for hydroxylation is 2. The van der Waals surface area contributed by atoms with Crippen molar-refractivity contribution in [1.29, 1.82) is 0 Å². The molecule has 20 heavy (non-hydrogen) atoms. The third kappa shape index (κ3) is 3.03. The SMILES string of the molecule is Cc1cc(C(O)C(=O)Nc2ccccc2C)ccc1F. The van der Waals surface area contributed by atoms with E-state index in [0.717, 1.165) is 5.56 Å². The van der Waals surface area contributed by atoms with Crippen LogP contribution in [0.1, 0.15) is 22.8 Å². The van der Waals surface area contributed by atoms with Crippen LogP contribution >= 0.6 is 0 Å². The predicted molar refractivity (Wildman–Crippen MR) is 75.9 cm³/mol. The first-order chi connectivity index (χ1) is 9.49. The van der Waals surface area contributed by atoms with Gasteiger partial charge in [-0.3, -0.25) is 4.79 Å². The number of amides is 1. The van der Waals surface area contributed by atoms with Gasteiger partial charge in [0.2, 0.25) is 0 Å². The van der Waals surface area contributed by atoms with Crippen LogP contribution in [0.25, 0.3) is 0 Å². The number of aliphatic hydroxyl groups excluding tert-OH is 1. The van der Waals surface area contributed by atoms with Crippen LogP contribution in [0.2, 0.25) is 0 Å². The highest BCUT2D eigenvalue weighted by atomic mass is 19.1. The molecule has 0 spiro atoms. The number of carbonyl (C=O) groups excluding carboxylic acids is 1. The van der Waals surface area contributed by atoms with Crippen molar-refractivity contribution in [1.82, 2.24) is 0 Å². The molecule has 0 saturated heterocycles. The molecule has 0 saturated carbocycles. The van der Waals surface area contributed by atoms with Crippen LogP contribution in [0.3, 0.4) is 0 Å². The topological polar surface area (TPSA) is 49.3 Å². The van der Waals surface area contributed by atoms with Gasteiger partial charge >= 0.3 is 0 Å². The first kappa shape index (κ1) is 14.2. The van der Waals surface area contributed by atoms with Crippen LogP contribution in [-0.4, -0.2) is 11.0 Å². The van der Waals surface area contributed by atoms with Crippen LogP contribution in [-0.2, 0) is 4.79 Å². The minimum Gasteiger partial charge on any atom is -0.378 e. The number of anilines is 1. The molecule has 2 N–H and O–H groups in total. The van der Waals surface area contributed by atoms with E-state index in [-0.39, 0.29) is 5.82 Å². The third-order valence-corrected chi connectivity index (χ3v) is 3.15. The van der Waals surface area contributed by atoms with Crippen molar-refractivity contribution in [3.8, 4) is 0 Å². The predicted octanol–water partition coefficient (Wildman–Crippen LogP) is 3.11. The molecule has 0 radical (unpaired) electrons. The lowest BCUT2D eigenvalue weighted by Gasteiger charge is -2.13. The van der Waals surface area contributed by atoms with E-state index in [0.29, 0.717) is 16.8 Å². The average Bonchev–Trinajstić information content (AvgIpc) is 2.43. The van der Waals surface area contributed by atoms with Gasteiger partial charge < -0.3 is 10.4 Å². The molecule has 0 aromatic heterocycles. The highest BCUT2D eigenvalue weighted by Gasteiger charge is 2.18. The van der Waals surface area contributed by atoms with Crippen LogP contribution in [0.4, 0.5) is 10.1 Å². The Morgan fingerprint density at radius 1 is 1.15 bits per heavy atom. The Morgan fingerprint density at radius 3 is 2.50 bits per heavy atom. The van der Waals surface area contributed by atoms with Gasteiger partial charge in [0.15, 0.2) is 6.10 Å². The minimum absolute atomic E-state index is 0.361. The molecule has 3 nitrogen and oxygen atoms in total. The van der Waals surface area contributed by atoms with E-state index in [2.05, 4.69) is 5.32 Å². The van der Waals surface area contributed by atoms with E-state index in [9.17, 15) is 14.3 Å². The van der Waals surface area contributed by atoms with Crippen LogP contribution < -0.4 is 5.32 Å². The van der Waals surface area contributed by atoms with Gasteiger partial charge in [-0.15, -0.1) is 0 Å². The maximum atomic E-state index is 13.2. The zero-order valence-electron chi connectivity index (χ0n) is 11.4. The number of benzene rings is 2. The maximum absolute atomic E-state index is 13.2. The van der Waals surface area contributed by atoms with E-state index in [1.54, 1.807) is 19.1 Å². The zero-order chi connectivity index (χ0) is 14.7. The first-order valence-electron chi connectivity index (χ1n) is 6.29.